The molecule has 0 saturated heterocycles. The first-order chi connectivity index (χ1) is 8.26. The molecule has 92 valence electrons. The van der Waals surface area contributed by atoms with Crippen LogP contribution in [0.5, 0.6) is 11.5 Å². The van der Waals surface area contributed by atoms with Crippen molar-refractivity contribution in [2.24, 2.45) is 0 Å². The van der Waals surface area contributed by atoms with Crippen LogP contribution in [0.15, 0.2) is 30.9 Å². The van der Waals surface area contributed by atoms with Gasteiger partial charge in [-0.2, -0.15) is 0 Å². The molecule has 1 N–H and O–H groups in total. The molecular formula is C14H18O3. The van der Waals surface area contributed by atoms with Gasteiger partial charge < -0.3 is 14.6 Å². The molecule has 0 heterocycles. The summed E-state index contributed by atoms with van der Waals surface area (Å²) in [6.45, 7) is 3.74. The number of benzene rings is 1. The third-order valence-corrected chi connectivity index (χ3v) is 2.36. The summed E-state index contributed by atoms with van der Waals surface area (Å²) < 4.78 is 10.6. The topological polar surface area (TPSA) is 38.7 Å². The summed E-state index contributed by atoms with van der Waals surface area (Å²) in [5.41, 5.74) is 1.98. The van der Waals surface area contributed by atoms with Crippen molar-refractivity contribution in [3.8, 4) is 11.5 Å². The Hall–Kier alpha value is -1.74. The third-order valence-electron chi connectivity index (χ3n) is 2.36. The molecule has 0 atom stereocenters. The lowest BCUT2D eigenvalue weighted by molar-refractivity contribution is 0.343. The van der Waals surface area contributed by atoms with Gasteiger partial charge in [-0.3, -0.25) is 0 Å². The van der Waals surface area contributed by atoms with Gasteiger partial charge in [0.1, 0.15) is 0 Å². The average molecular weight is 234 g/mol. The summed E-state index contributed by atoms with van der Waals surface area (Å²) in [5.74, 6) is 1.41. The zero-order valence-corrected chi connectivity index (χ0v) is 10.3. The molecule has 1 aromatic carbocycles. The standard InChI is InChI=1S/C14H18O3/c1-4-6-12-9-11(7-5-8-15)10-13(16-2)14(12)17-3/h4-5,7,9-10,15H,1,6,8H2,2-3H3/b7-5+. The van der Waals surface area contributed by atoms with Crippen molar-refractivity contribution >= 4 is 6.08 Å². The van der Waals surface area contributed by atoms with Crippen molar-refractivity contribution in [3.05, 3.63) is 42.0 Å². The minimum atomic E-state index is 0.0190. The molecular weight excluding hydrogens is 216 g/mol. The highest BCUT2D eigenvalue weighted by Gasteiger charge is 2.10. The molecule has 17 heavy (non-hydrogen) atoms. The van der Waals surface area contributed by atoms with Crippen LogP contribution in [0.2, 0.25) is 0 Å². The Kier molecular flexibility index (Phi) is 5.30. The van der Waals surface area contributed by atoms with Gasteiger partial charge in [0, 0.05) is 5.56 Å². The fourth-order valence-corrected chi connectivity index (χ4v) is 1.66. The van der Waals surface area contributed by atoms with Gasteiger partial charge in [-0.05, 0) is 24.1 Å². The average Bonchev–Trinajstić information content (AvgIpc) is 2.36. The van der Waals surface area contributed by atoms with E-state index in [1.807, 2.05) is 24.3 Å². The van der Waals surface area contributed by atoms with Gasteiger partial charge in [0.25, 0.3) is 0 Å². The van der Waals surface area contributed by atoms with Crippen molar-refractivity contribution in [3.63, 3.8) is 0 Å². The third kappa shape index (κ3) is 3.36. The molecule has 0 aliphatic carbocycles. The Morgan fingerprint density at radius 3 is 2.59 bits per heavy atom. The molecule has 0 aliphatic rings. The molecule has 1 aromatic rings. The smallest absolute Gasteiger partial charge is 0.164 e. The summed E-state index contributed by atoms with van der Waals surface area (Å²) in [5, 5.41) is 8.77. The SMILES string of the molecule is C=CCc1cc(/C=C/CO)cc(OC)c1OC. The van der Waals surface area contributed by atoms with E-state index in [-0.39, 0.29) is 6.61 Å². The van der Waals surface area contributed by atoms with Gasteiger partial charge >= 0.3 is 0 Å². The van der Waals surface area contributed by atoms with Crippen molar-refractivity contribution < 1.29 is 14.6 Å². The van der Waals surface area contributed by atoms with Crippen LogP contribution >= 0.6 is 0 Å². The minimum absolute atomic E-state index is 0.0190. The van der Waals surface area contributed by atoms with Gasteiger partial charge in [0.05, 0.1) is 20.8 Å². The van der Waals surface area contributed by atoms with E-state index in [2.05, 4.69) is 6.58 Å². The molecule has 0 aliphatic heterocycles. The monoisotopic (exact) mass is 234 g/mol. The fourth-order valence-electron chi connectivity index (χ4n) is 1.66. The van der Waals surface area contributed by atoms with Crippen LogP contribution in [0.3, 0.4) is 0 Å². The molecule has 0 saturated carbocycles. The molecule has 0 radical (unpaired) electrons. The van der Waals surface area contributed by atoms with E-state index < -0.39 is 0 Å². The van der Waals surface area contributed by atoms with Crippen LogP contribution in [-0.2, 0) is 6.42 Å². The molecule has 0 fully saturated rings. The van der Waals surface area contributed by atoms with Gasteiger partial charge in [-0.15, -0.1) is 6.58 Å². The number of ether oxygens (including phenoxy) is 2. The highest BCUT2D eigenvalue weighted by atomic mass is 16.5. The van der Waals surface area contributed by atoms with E-state index in [0.717, 1.165) is 16.9 Å². The van der Waals surface area contributed by atoms with Crippen LogP contribution < -0.4 is 9.47 Å². The molecule has 0 aromatic heterocycles. The number of allylic oxidation sites excluding steroid dienone is 1. The predicted octanol–water partition coefficient (Wildman–Crippen LogP) is 2.44. The number of methoxy groups -OCH3 is 2. The molecule has 0 bridgehead atoms. The van der Waals surface area contributed by atoms with Crippen molar-refractivity contribution in [2.45, 2.75) is 6.42 Å². The van der Waals surface area contributed by atoms with E-state index in [0.29, 0.717) is 12.2 Å². The zero-order chi connectivity index (χ0) is 12.7. The van der Waals surface area contributed by atoms with Crippen molar-refractivity contribution in [1.29, 1.82) is 0 Å². The van der Waals surface area contributed by atoms with Gasteiger partial charge in [0.15, 0.2) is 11.5 Å². The highest BCUT2D eigenvalue weighted by Crippen LogP contribution is 2.33. The van der Waals surface area contributed by atoms with E-state index >= 15 is 0 Å². The summed E-state index contributed by atoms with van der Waals surface area (Å²) in [6.07, 6.45) is 6.05. The normalized spacial score (nSPS) is 10.5. The van der Waals surface area contributed by atoms with Gasteiger partial charge in [-0.1, -0.05) is 18.2 Å². The first-order valence-corrected chi connectivity index (χ1v) is 5.40. The fraction of sp³-hybridized carbons (Fsp3) is 0.286. The van der Waals surface area contributed by atoms with Crippen LogP contribution in [-0.4, -0.2) is 25.9 Å². The number of rotatable bonds is 6. The summed E-state index contributed by atoms with van der Waals surface area (Å²) in [7, 11) is 3.22. The maximum absolute atomic E-state index is 8.77. The second-order valence-corrected chi connectivity index (χ2v) is 3.49. The Morgan fingerprint density at radius 2 is 2.06 bits per heavy atom. The molecule has 0 unspecified atom stereocenters. The lowest BCUT2D eigenvalue weighted by Gasteiger charge is -2.13. The van der Waals surface area contributed by atoms with E-state index in [1.165, 1.54) is 0 Å². The maximum atomic E-state index is 8.77. The Balaban J connectivity index is 3.23. The van der Waals surface area contributed by atoms with Crippen LogP contribution in [0.4, 0.5) is 0 Å². The lowest BCUT2D eigenvalue weighted by Crippen LogP contribution is -1.96. The van der Waals surface area contributed by atoms with E-state index in [9.17, 15) is 0 Å². The molecule has 3 nitrogen and oxygen atoms in total. The number of hydrogen-bond donors (Lipinski definition) is 1. The van der Waals surface area contributed by atoms with Crippen LogP contribution in [0.25, 0.3) is 6.08 Å². The molecule has 1 rings (SSSR count). The molecule has 0 spiro atoms. The second-order valence-electron chi connectivity index (χ2n) is 3.49. The quantitative estimate of drug-likeness (QED) is 0.768. The Labute approximate surface area is 102 Å². The predicted molar refractivity (Wildman–Crippen MR) is 69.6 cm³/mol. The minimum Gasteiger partial charge on any atom is -0.493 e. The van der Waals surface area contributed by atoms with Crippen LogP contribution in [0.1, 0.15) is 11.1 Å². The van der Waals surface area contributed by atoms with Gasteiger partial charge in [-0.25, -0.2) is 0 Å². The first kappa shape index (κ1) is 13.3. The van der Waals surface area contributed by atoms with E-state index in [4.69, 9.17) is 14.6 Å². The number of aliphatic hydroxyl groups is 1. The summed E-state index contributed by atoms with van der Waals surface area (Å²) in [6, 6.07) is 3.87. The van der Waals surface area contributed by atoms with Gasteiger partial charge in [0.2, 0.25) is 0 Å². The summed E-state index contributed by atoms with van der Waals surface area (Å²) >= 11 is 0. The first-order valence-electron chi connectivity index (χ1n) is 5.40. The second kappa shape index (κ2) is 6.76. The molecule has 3 heteroatoms. The van der Waals surface area contributed by atoms with Crippen LogP contribution in [0, 0.1) is 0 Å². The zero-order valence-electron chi connectivity index (χ0n) is 10.3. The summed E-state index contributed by atoms with van der Waals surface area (Å²) in [4.78, 5) is 0. The Morgan fingerprint density at radius 1 is 1.29 bits per heavy atom. The van der Waals surface area contributed by atoms with Crippen molar-refractivity contribution in [1.82, 2.24) is 0 Å². The highest BCUT2D eigenvalue weighted by molar-refractivity contribution is 5.59. The number of aliphatic hydroxyl groups excluding tert-OH is 1. The maximum Gasteiger partial charge on any atom is 0.164 e. The van der Waals surface area contributed by atoms with Crippen molar-refractivity contribution in [2.75, 3.05) is 20.8 Å². The Bertz CT molecular complexity index is 408. The molecule has 0 amide bonds. The lowest BCUT2D eigenvalue weighted by atomic mass is 10.1. The largest absolute Gasteiger partial charge is 0.493 e. The number of hydrogen-bond acceptors (Lipinski definition) is 3. The van der Waals surface area contributed by atoms with E-state index in [1.54, 1.807) is 20.3 Å².